The molecule has 0 saturated carbocycles. The summed E-state index contributed by atoms with van der Waals surface area (Å²) < 4.78 is 0. The van der Waals surface area contributed by atoms with Crippen molar-refractivity contribution in [3.05, 3.63) is 21.9 Å². The van der Waals surface area contributed by atoms with Gasteiger partial charge in [0.25, 0.3) is 5.91 Å². The molecule has 2 fully saturated rings. The van der Waals surface area contributed by atoms with Crippen LogP contribution < -0.4 is 5.32 Å². The molecule has 1 amide bonds. The van der Waals surface area contributed by atoms with Crippen molar-refractivity contribution in [2.45, 2.75) is 57.7 Å². The summed E-state index contributed by atoms with van der Waals surface area (Å²) in [6.07, 6.45) is 4.81. The summed E-state index contributed by atoms with van der Waals surface area (Å²) in [5.74, 6) is 0.229. The summed E-state index contributed by atoms with van der Waals surface area (Å²) in [5.41, 5.74) is 2.02. The minimum absolute atomic E-state index is 0.229. The third-order valence-electron chi connectivity index (χ3n) is 4.58. The van der Waals surface area contributed by atoms with E-state index in [4.69, 9.17) is 0 Å². The number of carbonyl (C=O) groups is 1. The minimum atomic E-state index is 0.229. The Hall–Kier alpha value is -0.870. The molecule has 0 aromatic carbocycles. The average molecular weight is 278 g/mol. The van der Waals surface area contributed by atoms with Gasteiger partial charge in [-0.3, -0.25) is 4.79 Å². The van der Waals surface area contributed by atoms with Gasteiger partial charge in [-0.1, -0.05) is 0 Å². The molecule has 2 aliphatic rings. The largest absolute Gasteiger partial charge is 0.336 e. The molecular weight excluding hydrogens is 256 g/mol. The number of carbonyl (C=O) groups excluding carboxylic acids is 1. The van der Waals surface area contributed by atoms with Crippen LogP contribution in [-0.2, 0) is 0 Å². The van der Waals surface area contributed by atoms with Crippen molar-refractivity contribution in [1.29, 1.82) is 0 Å². The van der Waals surface area contributed by atoms with Crippen LogP contribution >= 0.6 is 11.3 Å². The Bertz CT molecular complexity index is 458. The number of hydrogen-bond donors (Lipinski definition) is 1. The van der Waals surface area contributed by atoms with Gasteiger partial charge >= 0.3 is 0 Å². The maximum absolute atomic E-state index is 12.7. The molecule has 19 heavy (non-hydrogen) atoms. The smallest absolute Gasteiger partial charge is 0.255 e. The number of thiophene rings is 1. The maximum Gasteiger partial charge on any atom is 0.255 e. The highest BCUT2D eigenvalue weighted by atomic mass is 32.1. The molecular formula is C15H22N2OS. The van der Waals surface area contributed by atoms with E-state index in [0.29, 0.717) is 18.1 Å². The van der Waals surface area contributed by atoms with Gasteiger partial charge in [0.05, 0.1) is 5.56 Å². The number of aryl methyl sites for hydroxylation is 1. The molecule has 1 N–H and O–H groups in total. The quantitative estimate of drug-likeness (QED) is 0.922. The summed E-state index contributed by atoms with van der Waals surface area (Å²) in [7, 11) is 0. The Labute approximate surface area is 119 Å². The first kappa shape index (κ1) is 13.1. The average Bonchev–Trinajstić information content (AvgIpc) is 2.96. The fourth-order valence-corrected chi connectivity index (χ4v) is 4.41. The molecule has 1 aromatic heterocycles. The van der Waals surface area contributed by atoms with Gasteiger partial charge in [-0.15, -0.1) is 0 Å². The van der Waals surface area contributed by atoms with Crippen LogP contribution in [0.3, 0.4) is 0 Å². The SMILES string of the molecule is CCN(C(=O)c1cscc1C)C1CC2CCC(C1)N2. The highest BCUT2D eigenvalue weighted by molar-refractivity contribution is 7.08. The van der Waals surface area contributed by atoms with Crippen molar-refractivity contribution >= 4 is 17.2 Å². The Morgan fingerprint density at radius 1 is 1.37 bits per heavy atom. The lowest BCUT2D eigenvalue weighted by molar-refractivity contribution is 0.0631. The van der Waals surface area contributed by atoms with Gasteiger partial charge < -0.3 is 10.2 Å². The van der Waals surface area contributed by atoms with Gasteiger partial charge in [-0.2, -0.15) is 11.3 Å². The summed E-state index contributed by atoms with van der Waals surface area (Å²) >= 11 is 1.62. The van der Waals surface area contributed by atoms with E-state index in [0.717, 1.165) is 30.5 Å². The second kappa shape index (κ2) is 5.25. The maximum atomic E-state index is 12.7. The first-order chi connectivity index (χ1) is 9.19. The summed E-state index contributed by atoms with van der Waals surface area (Å²) in [6.45, 7) is 4.95. The first-order valence-corrected chi connectivity index (χ1v) is 8.23. The number of nitrogens with one attached hydrogen (secondary N) is 1. The van der Waals surface area contributed by atoms with E-state index in [2.05, 4.69) is 22.5 Å². The molecule has 104 valence electrons. The van der Waals surface area contributed by atoms with Crippen molar-refractivity contribution in [1.82, 2.24) is 10.2 Å². The lowest BCUT2D eigenvalue weighted by atomic mass is 9.97. The van der Waals surface area contributed by atoms with E-state index in [1.54, 1.807) is 11.3 Å². The topological polar surface area (TPSA) is 32.3 Å². The van der Waals surface area contributed by atoms with E-state index in [1.165, 1.54) is 12.8 Å². The number of rotatable bonds is 3. The highest BCUT2D eigenvalue weighted by Gasteiger charge is 2.37. The zero-order valence-corrected chi connectivity index (χ0v) is 12.5. The second-order valence-electron chi connectivity index (χ2n) is 5.82. The van der Waals surface area contributed by atoms with E-state index >= 15 is 0 Å². The van der Waals surface area contributed by atoms with Crippen LogP contribution in [0.25, 0.3) is 0 Å². The minimum Gasteiger partial charge on any atom is -0.336 e. The third kappa shape index (κ3) is 2.43. The molecule has 3 rings (SSSR count). The highest BCUT2D eigenvalue weighted by Crippen LogP contribution is 2.30. The fraction of sp³-hybridized carbons (Fsp3) is 0.667. The predicted octanol–water partition coefficient (Wildman–Crippen LogP) is 2.80. The Kier molecular flexibility index (Phi) is 3.63. The van der Waals surface area contributed by atoms with Crippen molar-refractivity contribution in [2.75, 3.05) is 6.54 Å². The van der Waals surface area contributed by atoms with Gasteiger partial charge in [0, 0.05) is 30.1 Å². The molecule has 0 aliphatic carbocycles. The Balaban J connectivity index is 1.77. The summed E-state index contributed by atoms with van der Waals surface area (Å²) in [5, 5.41) is 7.71. The Morgan fingerprint density at radius 3 is 2.58 bits per heavy atom. The van der Waals surface area contributed by atoms with Crippen LogP contribution in [0.2, 0.25) is 0 Å². The lowest BCUT2D eigenvalue weighted by Crippen LogP contribution is -2.50. The molecule has 0 radical (unpaired) electrons. The van der Waals surface area contributed by atoms with Crippen LogP contribution in [-0.4, -0.2) is 35.5 Å². The number of piperidine rings is 1. The van der Waals surface area contributed by atoms with Crippen molar-refractivity contribution in [3.8, 4) is 0 Å². The lowest BCUT2D eigenvalue weighted by Gasteiger charge is -2.37. The van der Waals surface area contributed by atoms with Gasteiger partial charge in [0.15, 0.2) is 0 Å². The van der Waals surface area contributed by atoms with E-state index < -0.39 is 0 Å². The molecule has 3 heterocycles. The van der Waals surface area contributed by atoms with E-state index in [-0.39, 0.29) is 5.91 Å². The van der Waals surface area contributed by atoms with Gasteiger partial charge in [-0.25, -0.2) is 0 Å². The normalized spacial score (nSPS) is 29.5. The first-order valence-electron chi connectivity index (χ1n) is 7.28. The number of hydrogen-bond acceptors (Lipinski definition) is 3. The molecule has 2 aliphatic heterocycles. The molecule has 2 bridgehead atoms. The molecule has 4 heteroatoms. The van der Waals surface area contributed by atoms with Crippen LogP contribution in [0, 0.1) is 6.92 Å². The van der Waals surface area contributed by atoms with Crippen molar-refractivity contribution < 1.29 is 4.79 Å². The van der Waals surface area contributed by atoms with E-state index in [1.807, 2.05) is 12.3 Å². The summed E-state index contributed by atoms with van der Waals surface area (Å²) in [4.78, 5) is 14.8. The van der Waals surface area contributed by atoms with Crippen LogP contribution in [0.1, 0.15) is 48.5 Å². The van der Waals surface area contributed by atoms with E-state index in [9.17, 15) is 4.79 Å². The van der Waals surface area contributed by atoms with Gasteiger partial charge in [-0.05, 0) is 50.5 Å². The number of amides is 1. The third-order valence-corrected chi connectivity index (χ3v) is 5.44. The Morgan fingerprint density at radius 2 is 2.05 bits per heavy atom. The molecule has 1 aromatic rings. The predicted molar refractivity (Wildman–Crippen MR) is 78.7 cm³/mol. The fourth-order valence-electron chi connectivity index (χ4n) is 3.58. The van der Waals surface area contributed by atoms with Gasteiger partial charge in [0.2, 0.25) is 0 Å². The molecule has 3 nitrogen and oxygen atoms in total. The molecule has 2 saturated heterocycles. The summed E-state index contributed by atoms with van der Waals surface area (Å²) in [6, 6.07) is 1.69. The second-order valence-corrected chi connectivity index (χ2v) is 6.57. The monoisotopic (exact) mass is 278 g/mol. The van der Waals surface area contributed by atoms with Crippen molar-refractivity contribution in [3.63, 3.8) is 0 Å². The molecule has 0 spiro atoms. The zero-order valence-electron chi connectivity index (χ0n) is 11.7. The van der Waals surface area contributed by atoms with Crippen molar-refractivity contribution in [2.24, 2.45) is 0 Å². The van der Waals surface area contributed by atoms with Gasteiger partial charge in [0.1, 0.15) is 0 Å². The molecule has 2 unspecified atom stereocenters. The standard InChI is InChI=1S/C15H22N2OS/c1-3-17(15(18)14-9-19-8-10(14)2)13-6-11-4-5-12(7-13)16-11/h8-9,11-13,16H,3-7H2,1-2H3. The van der Waals surface area contributed by atoms with Crippen LogP contribution in [0.15, 0.2) is 10.8 Å². The number of nitrogens with zero attached hydrogens (tertiary/aromatic N) is 1. The molecule has 2 atom stereocenters. The van der Waals surface area contributed by atoms with Crippen LogP contribution in [0.5, 0.6) is 0 Å². The number of fused-ring (bicyclic) bond motifs is 2. The zero-order chi connectivity index (χ0) is 13.4. The van der Waals surface area contributed by atoms with Crippen LogP contribution in [0.4, 0.5) is 0 Å².